The minimum Gasteiger partial charge on any atom is -0.494 e. The van der Waals surface area contributed by atoms with E-state index in [1.807, 2.05) is 19.1 Å². The number of hydrazone groups is 1. The quantitative estimate of drug-likeness (QED) is 0.606. The second-order valence-electron chi connectivity index (χ2n) is 6.86. The van der Waals surface area contributed by atoms with Crippen molar-refractivity contribution in [2.45, 2.75) is 33.1 Å². The number of carbonyl (C=O) groups excluding carboxylic acids is 1. The van der Waals surface area contributed by atoms with Crippen molar-refractivity contribution in [1.82, 2.24) is 5.43 Å². The van der Waals surface area contributed by atoms with E-state index in [-0.39, 0.29) is 17.9 Å². The van der Waals surface area contributed by atoms with E-state index in [0.717, 1.165) is 11.3 Å². The van der Waals surface area contributed by atoms with Crippen molar-refractivity contribution in [3.63, 3.8) is 0 Å². The van der Waals surface area contributed by atoms with E-state index in [2.05, 4.69) is 43.4 Å². The van der Waals surface area contributed by atoms with Crippen LogP contribution in [-0.2, 0) is 10.2 Å². The Bertz CT molecular complexity index is 729. The summed E-state index contributed by atoms with van der Waals surface area (Å²) in [6, 6.07) is 15.2. The lowest BCUT2D eigenvalue weighted by molar-refractivity contribution is -0.123. The lowest BCUT2D eigenvalue weighted by Gasteiger charge is -2.18. The van der Waals surface area contributed by atoms with Crippen molar-refractivity contribution < 1.29 is 14.3 Å². The summed E-state index contributed by atoms with van der Waals surface area (Å²) in [5.41, 5.74) is 4.75. The maximum Gasteiger partial charge on any atom is 0.277 e. The van der Waals surface area contributed by atoms with Gasteiger partial charge in [-0.1, -0.05) is 45.0 Å². The molecule has 0 aliphatic heterocycles. The zero-order valence-corrected chi connectivity index (χ0v) is 15.8. The number of amides is 1. The van der Waals surface area contributed by atoms with Gasteiger partial charge in [-0.15, -0.1) is 0 Å². The summed E-state index contributed by atoms with van der Waals surface area (Å²) in [4.78, 5) is 11.8. The van der Waals surface area contributed by atoms with Crippen LogP contribution in [0.1, 0.15) is 38.8 Å². The van der Waals surface area contributed by atoms with E-state index in [9.17, 15) is 4.79 Å². The average molecular weight is 354 g/mol. The van der Waals surface area contributed by atoms with Crippen molar-refractivity contribution in [3.05, 3.63) is 59.7 Å². The van der Waals surface area contributed by atoms with Gasteiger partial charge in [0.05, 0.1) is 12.8 Å². The highest BCUT2D eigenvalue weighted by Crippen LogP contribution is 2.21. The largest absolute Gasteiger partial charge is 0.494 e. The van der Waals surface area contributed by atoms with Gasteiger partial charge >= 0.3 is 0 Å². The number of benzene rings is 2. The topological polar surface area (TPSA) is 59.9 Å². The van der Waals surface area contributed by atoms with Crippen LogP contribution >= 0.6 is 0 Å². The molecule has 0 aliphatic rings. The third-order valence-electron chi connectivity index (χ3n) is 3.68. The third kappa shape index (κ3) is 6.24. The average Bonchev–Trinajstić information content (AvgIpc) is 2.61. The van der Waals surface area contributed by atoms with Gasteiger partial charge in [0, 0.05) is 0 Å². The van der Waals surface area contributed by atoms with Crippen molar-refractivity contribution in [2.24, 2.45) is 5.10 Å². The van der Waals surface area contributed by atoms with Gasteiger partial charge in [0.2, 0.25) is 0 Å². The summed E-state index contributed by atoms with van der Waals surface area (Å²) in [5.74, 6) is 1.05. The maximum atomic E-state index is 11.8. The van der Waals surface area contributed by atoms with Gasteiger partial charge in [0.1, 0.15) is 11.5 Å². The van der Waals surface area contributed by atoms with Crippen molar-refractivity contribution in [2.75, 3.05) is 13.2 Å². The van der Waals surface area contributed by atoms with E-state index in [0.29, 0.717) is 12.4 Å². The molecule has 2 rings (SSSR count). The Labute approximate surface area is 155 Å². The lowest BCUT2D eigenvalue weighted by atomic mass is 9.87. The molecule has 2 aromatic rings. The molecule has 26 heavy (non-hydrogen) atoms. The molecule has 0 radical (unpaired) electrons. The minimum atomic E-state index is -0.318. The van der Waals surface area contributed by atoms with Crippen molar-refractivity contribution in [1.29, 1.82) is 0 Å². The molecule has 0 atom stereocenters. The predicted molar refractivity (Wildman–Crippen MR) is 104 cm³/mol. The van der Waals surface area contributed by atoms with Crippen LogP contribution in [0.5, 0.6) is 11.5 Å². The van der Waals surface area contributed by atoms with Crippen molar-refractivity contribution in [3.8, 4) is 11.5 Å². The van der Waals surface area contributed by atoms with E-state index in [1.165, 1.54) is 5.56 Å². The molecule has 0 bridgehead atoms. The number of ether oxygens (including phenoxy) is 2. The van der Waals surface area contributed by atoms with Crippen LogP contribution < -0.4 is 14.9 Å². The van der Waals surface area contributed by atoms with Gasteiger partial charge in [-0.3, -0.25) is 4.79 Å². The fraction of sp³-hybridized carbons (Fsp3) is 0.333. The molecule has 0 fully saturated rings. The van der Waals surface area contributed by atoms with Gasteiger partial charge in [0.15, 0.2) is 6.61 Å². The fourth-order valence-corrected chi connectivity index (χ4v) is 2.23. The zero-order valence-electron chi connectivity index (χ0n) is 15.8. The zero-order chi connectivity index (χ0) is 19.0. The van der Waals surface area contributed by atoms with Crippen LogP contribution in [0.3, 0.4) is 0 Å². The molecule has 0 unspecified atom stereocenters. The van der Waals surface area contributed by atoms with Gasteiger partial charge < -0.3 is 9.47 Å². The Morgan fingerprint density at radius 1 is 1.00 bits per heavy atom. The number of rotatable bonds is 7. The molecule has 5 heteroatoms. The maximum absolute atomic E-state index is 11.8. The van der Waals surface area contributed by atoms with E-state index in [4.69, 9.17) is 9.47 Å². The summed E-state index contributed by atoms with van der Waals surface area (Å²) in [7, 11) is 0. The van der Waals surface area contributed by atoms with Crippen LogP contribution in [0.15, 0.2) is 53.6 Å². The van der Waals surface area contributed by atoms with Gasteiger partial charge in [0.25, 0.3) is 5.91 Å². The highest BCUT2D eigenvalue weighted by Gasteiger charge is 2.12. The Morgan fingerprint density at radius 3 is 2.12 bits per heavy atom. The molecule has 0 aromatic heterocycles. The third-order valence-corrected chi connectivity index (χ3v) is 3.68. The number of carbonyl (C=O) groups is 1. The van der Waals surface area contributed by atoms with Crippen LogP contribution in [0.4, 0.5) is 0 Å². The van der Waals surface area contributed by atoms with E-state index in [1.54, 1.807) is 30.5 Å². The first kappa shape index (κ1) is 19.5. The normalized spacial score (nSPS) is 11.4. The van der Waals surface area contributed by atoms with Crippen LogP contribution in [0.25, 0.3) is 0 Å². The molecule has 5 nitrogen and oxygen atoms in total. The standard InChI is InChI=1S/C21H26N2O3/c1-5-25-18-10-12-19(13-11-18)26-15-20(24)23-22-14-16-6-8-17(9-7-16)21(2,3)4/h6-14H,5,15H2,1-4H3,(H,23,24)/b22-14-. The van der Waals surface area contributed by atoms with Crippen LogP contribution in [-0.4, -0.2) is 25.3 Å². The van der Waals surface area contributed by atoms with Gasteiger partial charge in [-0.2, -0.15) is 5.10 Å². The molecular formula is C21H26N2O3. The van der Waals surface area contributed by atoms with E-state index >= 15 is 0 Å². The SMILES string of the molecule is CCOc1ccc(OCC(=O)N/N=C\c2ccc(C(C)(C)C)cc2)cc1. The smallest absolute Gasteiger partial charge is 0.277 e. The predicted octanol–water partition coefficient (Wildman–Crippen LogP) is 3.91. The summed E-state index contributed by atoms with van der Waals surface area (Å²) in [6.45, 7) is 8.93. The molecule has 2 aromatic carbocycles. The fourth-order valence-electron chi connectivity index (χ4n) is 2.23. The van der Waals surface area contributed by atoms with Crippen molar-refractivity contribution >= 4 is 12.1 Å². The molecule has 1 amide bonds. The first-order valence-corrected chi connectivity index (χ1v) is 8.66. The summed E-state index contributed by atoms with van der Waals surface area (Å²) in [6.07, 6.45) is 1.61. The summed E-state index contributed by atoms with van der Waals surface area (Å²) >= 11 is 0. The Balaban J connectivity index is 1.78. The molecule has 0 aliphatic carbocycles. The van der Waals surface area contributed by atoms with Crippen LogP contribution in [0.2, 0.25) is 0 Å². The molecule has 0 saturated heterocycles. The number of hydrogen-bond acceptors (Lipinski definition) is 4. The highest BCUT2D eigenvalue weighted by molar-refractivity contribution is 5.82. The van der Waals surface area contributed by atoms with Crippen LogP contribution in [0, 0.1) is 0 Å². The Hall–Kier alpha value is -2.82. The summed E-state index contributed by atoms with van der Waals surface area (Å²) < 4.78 is 10.8. The number of nitrogens with zero attached hydrogens (tertiary/aromatic N) is 1. The Kier molecular flexibility index (Phi) is 6.78. The molecular weight excluding hydrogens is 328 g/mol. The minimum absolute atomic E-state index is 0.103. The summed E-state index contributed by atoms with van der Waals surface area (Å²) in [5, 5.41) is 3.96. The first-order valence-electron chi connectivity index (χ1n) is 8.66. The van der Waals surface area contributed by atoms with E-state index < -0.39 is 0 Å². The molecule has 0 heterocycles. The number of hydrogen-bond donors (Lipinski definition) is 1. The monoisotopic (exact) mass is 354 g/mol. The molecule has 1 N–H and O–H groups in total. The Morgan fingerprint density at radius 2 is 1.58 bits per heavy atom. The second-order valence-corrected chi connectivity index (χ2v) is 6.86. The molecule has 138 valence electrons. The molecule has 0 spiro atoms. The van der Waals surface area contributed by atoms with Gasteiger partial charge in [-0.05, 0) is 47.7 Å². The van der Waals surface area contributed by atoms with Gasteiger partial charge in [-0.25, -0.2) is 5.43 Å². The highest BCUT2D eigenvalue weighted by atomic mass is 16.5. The first-order chi connectivity index (χ1) is 12.4. The lowest BCUT2D eigenvalue weighted by Crippen LogP contribution is -2.24. The number of nitrogens with one attached hydrogen (secondary N) is 1. The molecule has 0 saturated carbocycles. The second kappa shape index (κ2) is 9.04.